The van der Waals surface area contributed by atoms with Gasteiger partial charge in [-0.15, -0.1) is 0 Å². The predicted molar refractivity (Wildman–Crippen MR) is 87.0 cm³/mol. The number of hydrogen-bond donors (Lipinski definition) is 1. The van der Waals surface area contributed by atoms with E-state index >= 15 is 0 Å². The molecule has 2 atom stereocenters. The molecule has 2 rings (SSSR count). The van der Waals surface area contributed by atoms with E-state index in [9.17, 15) is 0 Å². The fourth-order valence-electron chi connectivity index (χ4n) is 2.80. The van der Waals surface area contributed by atoms with Gasteiger partial charge in [0.2, 0.25) is 0 Å². The van der Waals surface area contributed by atoms with Crippen LogP contribution in [0.4, 0.5) is 0 Å². The number of likely N-dealkylation sites (N-methyl/N-ethyl adjacent to an activating group) is 1. The van der Waals surface area contributed by atoms with Crippen molar-refractivity contribution >= 4 is 27.7 Å². The lowest BCUT2D eigenvalue weighted by Gasteiger charge is -2.23. The lowest BCUT2D eigenvalue weighted by molar-refractivity contribution is 0.393. The van der Waals surface area contributed by atoms with Crippen LogP contribution in [0.5, 0.6) is 0 Å². The maximum Gasteiger partial charge on any atom is 0.0766 e. The normalized spacial score (nSPS) is 20.9. The zero-order valence-corrected chi connectivity index (χ0v) is 14.5. The van der Waals surface area contributed by atoms with Crippen molar-refractivity contribution in [1.82, 2.24) is 15.1 Å². The number of aromatic nitrogens is 2. The quantitative estimate of drug-likeness (QED) is 0.858. The van der Waals surface area contributed by atoms with Gasteiger partial charge in [0.05, 0.1) is 15.9 Å². The molecule has 1 aliphatic rings. The second-order valence-corrected chi connectivity index (χ2v) is 7.04. The second-order valence-electron chi connectivity index (χ2n) is 5.10. The van der Waals surface area contributed by atoms with E-state index in [-0.39, 0.29) is 0 Å². The molecule has 0 saturated carbocycles. The molecule has 1 aromatic heterocycles. The molecule has 19 heavy (non-hydrogen) atoms. The van der Waals surface area contributed by atoms with Crippen molar-refractivity contribution in [2.24, 2.45) is 5.92 Å². The maximum atomic E-state index is 4.70. The van der Waals surface area contributed by atoms with Crippen molar-refractivity contribution in [3.8, 4) is 0 Å². The minimum absolute atomic E-state index is 0.568. The summed E-state index contributed by atoms with van der Waals surface area (Å²) in [6.45, 7) is 5.28. The molecule has 0 aromatic carbocycles. The molecule has 1 fully saturated rings. The number of hydrogen-bond acceptors (Lipinski definition) is 3. The highest BCUT2D eigenvalue weighted by molar-refractivity contribution is 9.10. The molecule has 1 saturated heterocycles. The fourth-order valence-corrected chi connectivity index (χ4v) is 4.86. The Balaban J connectivity index is 2.18. The molecular weight excluding hydrogens is 322 g/mol. The Morgan fingerprint density at radius 2 is 2.32 bits per heavy atom. The van der Waals surface area contributed by atoms with E-state index in [2.05, 4.69) is 58.6 Å². The summed E-state index contributed by atoms with van der Waals surface area (Å²) in [5.41, 5.74) is 2.54. The van der Waals surface area contributed by atoms with Crippen LogP contribution in [-0.2, 0) is 19.4 Å². The number of aryl methyl sites for hydroxylation is 2. The molecule has 0 bridgehead atoms. The first-order valence-corrected chi connectivity index (χ1v) is 9.15. The molecule has 1 aromatic rings. The molecule has 2 heterocycles. The van der Waals surface area contributed by atoms with Crippen LogP contribution in [-0.4, -0.2) is 34.4 Å². The van der Waals surface area contributed by atoms with Crippen LogP contribution < -0.4 is 5.32 Å². The van der Waals surface area contributed by atoms with Gasteiger partial charge < -0.3 is 5.32 Å². The van der Waals surface area contributed by atoms with Crippen LogP contribution in [0.1, 0.15) is 31.7 Å². The molecule has 0 amide bonds. The van der Waals surface area contributed by atoms with E-state index in [4.69, 9.17) is 5.10 Å². The van der Waals surface area contributed by atoms with E-state index in [0.717, 1.165) is 25.3 Å². The van der Waals surface area contributed by atoms with Crippen molar-refractivity contribution in [3.63, 3.8) is 0 Å². The largest absolute Gasteiger partial charge is 0.316 e. The Morgan fingerprint density at radius 3 is 2.84 bits per heavy atom. The van der Waals surface area contributed by atoms with Gasteiger partial charge in [-0.25, -0.2) is 0 Å². The van der Waals surface area contributed by atoms with E-state index in [0.29, 0.717) is 6.04 Å². The van der Waals surface area contributed by atoms with E-state index in [1.807, 2.05) is 0 Å². The summed E-state index contributed by atoms with van der Waals surface area (Å²) in [6, 6.07) is 0.568. The Kier molecular flexibility index (Phi) is 5.78. The topological polar surface area (TPSA) is 29.9 Å². The number of nitrogens with one attached hydrogen (secondary N) is 1. The molecular formula is C14H24BrN3S. The van der Waals surface area contributed by atoms with E-state index in [1.165, 1.54) is 33.8 Å². The fraction of sp³-hybridized carbons (Fsp3) is 0.786. The van der Waals surface area contributed by atoms with E-state index < -0.39 is 0 Å². The van der Waals surface area contributed by atoms with Gasteiger partial charge in [0, 0.05) is 19.0 Å². The van der Waals surface area contributed by atoms with Crippen LogP contribution in [0.25, 0.3) is 0 Å². The van der Waals surface area contributed by atoms with E-state index in [1.54, 1.807) is 0 Å². The number of rotatable bonds is 6. The molecule has 0 aliphatic carbocycles. The van der Waals surface area contributed by atoms with Crippen molar-refractivity contribution in [2.45, 2.75) is 45.7 Å². The van der Waals surface area contributed by atoms with Gasteiger partial charge >= 0.3 is 0 Å². The van der Waals surface area contributed by atoms with Crippen LogP contribution in [0.15, 0.2) is 4.47 Å². The van der Waals surface area contributed by atoms with Crippen molar-refractivity contribution in [3.05, 3.63) is 15.9 Å². The molecule has 3 nitrogen and oxygen atoms in total. The van der Waals surface area contributed by atoms with Crippen molar-refractivity contribution < 1.29 is 0 Å². The Hall–Kier alpha value is -0.000000000000000111. The van der Waals surface area contributed by atoms with Crippen molar-refractivity contribution in [1.29, 1.82) is 0 Å². The summed E-state index contributed by atoms with van der Waals surface area (Å²) in [5.74, 6) is 3.41. The number of nitrogens with zero attached hydrogens (tertiary/aromatic N) is 2. The van der Waals surface area contributed by atoms with Crippen molar-refractivity contribution in [2.75, 3.05) is 18.6 Å². The van der Waals surface area contributed by atoms with Crippen LogP contribution >= 0.6 is 27.7 Å². The van der Waals surface area contributed by atoms with Gasteiger partial charge in [-0.2, -0.15) is 16.9 Å². The SMILES string of the molecule is CCc1nn(CC)c(CC(NC)C2CCSC2)c1Br. The molecule has 108 valence electrons. The summed E-state index contributed by atoms with van der Waals surface area (Å²) >= 11 is 5.84. The highest BCUT2D eigenvalue weighted by atomic mass is 79.9. The molecule has 2 unspecified atom stereocenters. The predicted octanol–water partition coefficient (Wildman–Crippen LogP) is 3.11. The summed E-state index contributed by atoms with van der Waals surface area (Å²) < 4.78 is 3.39. The summed E-state index contributed by atoms with van der Waals surface area (Å²) in [5, 5.41) is 8.22. The second kappa shape index (κ2) is 7.14. The molecule has 0 spiro atoms. The smallest absolute Gasteiger partial charge is 0.0766 e. The highest BCUT2D eigenvalue weighted by Gasteiger charge is 2.26. The number of thioether (sulfide) groups is 1. The first-order valence-electron chi connectivity index (χ1n) is 7.20. The van der Waals surface area contributed by atoms with Crippen LogP contribution in [0.2, 0.25) is 0 Å². The van der Waals surface area contributed by atoms with Gasteiger partial charge in [0.15, 0.2) is 0 Å². The van der Waals surface area contributed by atoms with Crippen LogP contribution in [0, 0.1) is 5.92 Å². The minimum atomic E-state index is 0.568. The third-order valence-electron chi connectivity index (χ3n) is 4.01. The van der Waals surface area contributed by atoms with Gasteiger partial charge in [-0.1, -0.05) is 6.92 Å². The summed E-state index contributed by atoms with van der Waals surface area (Å²) in [7, 11) is 2.09. The van der Waals surface area contributed by atoms with Crippen LogP contribution in [0.3, 0.4) is 0 Å². The molecule has 1 aliphatic heterocycles. The minimum Gasteiger partial charge on any atom is -0.316 e. The summed E-state index contributed by atoms with van der Waals surface area (Å²) in [4.78, 5) is 0. The molecule has 0 radical (unpaired) electrons. The first-order chi connectivity index (χ1) is 9.21. The monoisotopic (exact) mass is 345 g/mol. The Morgan fingerprint density at radius 1 is 1.53 bits per heavy atom. The summed E-state index contributed by atoms with van der Waals surface area (Å²) in [6.07, 6.45) is 3.40. The average molecular weight is 346 g/mol. The zero-order chi connectivity index (χ0) is 13.8. The molecule has 1 N–H and O–H groups in total. The van der Waals surface area contributed by atoms with Gasteiger partial charge in [-0.05, 0) is 60.2 Å². The lowest BCUT2D eigenvalue weighted by atomic mass is 9.95. The third-order valence-corrected chi connectivity index (χ3v) is 6.12. The Labute approximate surface area is 129 Å². The third kappa shape index (κ3) is 3.37. The van der Waals surface area contributed by atoms with Gasteiger partial charge in [0.1, 0.15) is 0 Å². The zero-order valence-electron chi connectivity index (χ0n) is 12.1. The number of halogens is 1. The first kappa shape index (κ1) is 15.4. The standard InChI is InChI=1S/C14H24BrN3S/c1-4-11-14(15)13(18(5-2)17-11)8-12(16-3)10-6-7-19-9-10/h10,12,16H,4-9H2,1-3H3. The Bertz CT molecular complexity index is 413. The maximum absolute atomic E-state index is 4.70. The van der Waals surface area contributed by atoms with Gasteiger partial charge in [0.25, 0.3) is 0 Å². The van der Waals surface area contributed by atoms with Gasteiger partial charge in [-0.3, -0.25) is 4.68 Å². The molecule has 5 heteroatoms. The lowest BCUT2D eigenvalue weighted by Crippen LogP contribution is -2.36. The average Bonchev–Trinajstić information content (AvgIpc) is 3.04. The highest BCUT2D eigenvalue weighted by Crippen LogP contribution is 2.30.